The number of amides is 1. The van der Waals surface area contributed by atoms with E-state index in [0.717, 1.165) is 48.0 Å². The number of fused-ring (bicyclic) bond motifs is 1. The molecule has 3 N–H and O–H groups in total. The first-order chi connectivity index (χ1) is 12.6. The highest BCUT2D eigenvalue weighted by Gasteiger charge is 2.24. The fourth-order valence-electron chi connectivity index (χ4n) is 3.49. The van der Waals surface area contributed by atoms with Crippen molar-refractivity contribution in [3.05, 3.63) is 30.0 Å². The Labute approximate surface area is 154 Å². The Kier molecular flexibility index (Phi) is 5.93. The molecular weight excluding hydrogens is 330 g/mol. The summed E-state index contributed by atoms with van der Waals surface area (Å²) in [6, 6.07) is 7.93. The number of aromatic nitrogens is 1. The van der Waals surface area contributed by atoms with Crippen molar-refractivity contribution in [3.63, 3.8) is 0 Å². The van der Waals surface area contributed by atoms with E-state index in [4.69, 9.17) is 15.2 Å². The average molecular weight is 357 g/mol. The summed E-state index contributed by atoms with van der Waals surface area (Å²) in [5.41, 5.74) is 8.65. The molecule has 1 amide bonds. The van der Waals surface area contributed by atoms with E-state index in [-0.39, 0.29) is 24.7 Å². The number of nitrogens with zero attached hydrogens (tertiary/aromatic N) is 1. The van der Waals surface area contributed by atoms with Crippen LogP contribution in [0.1, 0.15) is 38.3 Å². The summed E-state index contributed by atoms with van der Waals surface area (Å²) in [7, 11) is 0. The number of nitrogens with two attached hydrogens (primary N) is 1. The summed E-state index contributed by atoms with van der Waals surface area (Å²) in [4.78, 5) is 16.3. The minimum absolute atomic E-state index is 0.0421. The average Bonchev–Trinajstić information content (AvgIpc) is 2.61. The number of hydrogen-bond donors (Lipinski definition) is 2. The molecule has 0 saturated heterocycles. The highest BCUT2D eigenvalue weighted by molar-refractivity contribution is 5.95. The fourth-order valence-corrected chi connectivity index (χ4v) is 3.49. The lowest BCUT2D eigenvalue weighted by molar-refractivity contribution is -0.126. The van der Waals surface area contributed by atoms with Crippen LogP contribution in [0.4, 0.5) is 5.69 Å². The number of hydrogen-bond acceptors (Lipinski definition) is 5. The number of carbonyl (C=O) groups excluding carboxylic acids is 1. The summed E-state index contributed by atoms with van der Waals surface area (Å²) in [6.07, 6.45) is 3.73. The zero-order chi connectivity index (χ0) is 18.5. The topological polar surface area (TPSA) is 86.5 Å². The number of benzene rings is 1. The predicted molar refractivity (Wildman–Crippen MR) is 102 cm³/mol. The van der Waals surface area contributed by atoms with E-state index < -0.39 is 0 Å². The molecule has 0 aliphatic heterocycles. The number of ether oxygens (including phenoxy) is 2. The van der Waals surface area contributed by atoms with Crippen molar-refractivity contribution < 1.29 is 14.3 Å². The van der Waals surface area contributed by atoms with Gasteiger partial charge in [-0.15, -0.1) is 0 Å². The van der Waals surface area contributed by atoms with Gasteiger partial charge in [0.25, 0.3) is 0 Å². The molecule has 1 aliphatic carbocycles. The predicted octanol–water partition coefficient (Wildman–Crippen LogP) is 2.97. The van der Waals surface area contributed by atoms with Crippen LogP contribution < -0.4 is 15.8 Å². The standard InChI is InChI=1S/C20H27N3O3/c1-3-25-12-19(24)23-14-7-9-15(10-8-14)26-18-6-4-5-17-20(18)16(21)11-13(2)22-17/h4-6,11,14-15H,3,7-10,12H2,1-2H3,(H2,21,22)(H,23,24). The van der Waals surface area contributed by atoms with Gasteiger partial charge in [0, 0.05) is 24.0 Å². The Morgan fingerprint density at radius 1 is 1.31 bits per heavy atom. The van der Waals surface area contributed by atoms with Crippen LogP contribution in [-0.2, 0) is 9.53 Å². The Bertz CT molecular complexity index is 770. The molecule has 0 unspecified atom stereocenters. The molecule has 1 heterocycles. The van der Waals surface area contributed by atoms with Crippen molar-refractivity contribution >= 4 is 22.5 Å². The van der Waals surface area contributed by atoms with Gasteiger partial charge in [0.2, 0.25) is 5.91 Å². The smallest absolute Gasteiger partial charge is 0.246 e. The van der Waals surface area contributed by atoms with E-state index in [1.54, 1.807) is 0 Å². The third-order valence-electron chi connectivity index (χ3n) is 4.72. The molecule has 6 nitrogen and oxygen atoms in total. The van der Waals surface area contributed by atoms with E-state index in [0.29, 0.717) is 12.3 Å². The van der Waals surface area contributed by atoms with Crippen molar-refractivity contribution in [2.45, 2.75) is 51.7 Å². The molecule has 0 radical (unpaired) electrons. The van der Waals surface area contributed by atoms with Gasteiger partial charge in [-0.1, -0.05) is 6.07 Å². The second kappa shape index (κ2) is 8.36. The molecule has 1 aromatic heterocycles. The molecule has 2 aromatic rings. The minimum atomic E-state index is -0.0421. The molecule has 1 aromatic carbocycles. The number of carbonyl (C=O) groups is 1. The van der Waals surface area contributed by atoms with E-state index in [1.807, 2.05) is 38.1 Å². The lowest BCUT2D eigenvalue weighted by Gasteiger charge is -2.30. The van der Waals surface area contributed by atoms with Crippen molar-refractivity contribution in [1.29, 1.82) is 0 Å². The third-order valence-corrected chi connectivity index (χ3v) is 4.72. The maximum absolute atomic E-state index is 11.8. The highest BCUT2D eigenvalue weighted by atomic mass is 16.5. The van der Waals surface area contributed by atoms with E-state index in [9.17, 15) is 4.79 Å². The van der Waals surface area contributed by atoms with Gasteiger partial charge in [-0.05, 0) is 57.7 Å². The molecule has 140 valence electrons. The fraction of sp³-hybridized carbons (Fsp3) is 0.500. The van der Waals surface area contributed by atoms with E-state index in [1.165, 1.54) is 0 Å². The SMILES string of the molecule is CCOCC(=O)NC1CCC(Oc2cccc3nc(C)cc(N)c23)CC1. The minimum Gasteiger partial charge on any atom is -0.490 e. The van der Waals surface area contributed by atoms with Gasteiger partial charge in [-0.2, -0.15) is 0 Å². The van der Waals surface area contributed by atoms with Crippen LogP contribution in [0.5, 0.6) is 5.75 Å². The van der Waals surface area contributed by atoms with Gasteiger partial charge in [0.15, 0.2) is 0 Å². The second-order valence-corrected chi connectivity index (χ2v) is 6.80. The van der Waals surface area contributed by atoms with Crippen molar-refractivity contribution in [2.75, 3.05) is 18.9 Å². The van der Waals surface area contributed by atoms with Crippen molar-refractivity contribution in [3.8, 4) is 5.75 Å². The van der Waals surface area contributed by atoms with Gasteiger partial charge >= 0.3 is 0 Å². The molecule has 6 heteroatoms. The lowest BCUT2D eigenvalue weighted by Crippen LogP contribution is -2.41. The second-order valence-electron chi connectivity index (χ2n) is 6.80. The number of nitrogen functional groups attached to an aromatic ring is 1. The van der Waals surface area contributed by atoms with Gasteiger partial charge in [0.1, 0.15) is 12.4 Å². The third kappa shape index (κ3) is 4.43. The summed E-state index contributed by atoms with van der Waals surface area (Å²) in [5.74, 6) is 0.746. The Balaban J connectivity index is 1.60. The molecule has 1 aliphatic rings. The first-order valence-electron chi connectivity index (χ1n) is 9.26. The number of aryl methyl sites for hydroxylation is 1. The van der Waals surface area contributed by atoms with Gasteiger partial charge < -0.3 is 20.5 Å². The normalized spacial score (nSPS) is 20.1. The van der Waals surface area contributed by atoms with Crippen LogP contribution in [0.3, 0.4) is 0 Å². The largest absolute Gasteiger partial charge is 0.490 e. The van der Waals surface area contributed by atoms with Crippen LogP contribution in [-0.4, -0.2) is 36.3 Å². The summed E-state index contributed by atoms with van der Waals surface area (Å²) < 4.78 is 11.4. The first kappa shape index (κ1) is 18.5. The molecule has 1 fully saturated rings. The van der Waals surface area contributed by atoms with Gasteiger partial charge in [-0.3, -0.25) is 9.78 Å². The van der Waals surface area contributed by atoms with Gasteiger partial charge in [0.05, 0.1) is 17.0 Å². The molecule has 26 heavy (non-hydrogen) atoms. The monoisotopic (exact) mass is 357 g/mol. The summed E-state index contributed by atoms with van der Waals surface area (Å²) in [5, 5.41) is 3.91. The number of anilines is 1. The van der Waals surface area contributed by atoms with Crippen LogP contribution in [0, 0.1) is 6.92 Å². The number of rotatable bonds is 6. The lowest BCUT2D eigenvalue weighted by atomic mass is 9.93. The molecule has 0 bridgehead atoms. The Morgan fingerprint density at radius 2 is 2.08 bits per heavy atom. The Hall–Kier alpha value is -2.34. The maximum Gasteiger partial charge on any atom is 0.246 e. The summed E-state index contributed by atoms with van der Waals surface area (Å²) >= 11 is 0. The Morgan fingerprint density at radius 3 is 2.81 bits per heavy atom. The van der Waals surface area contributed by atoms with Crippen molar-refractivity contribution in [2.24, 2.45) is 0 Å². The van der Waals surface area contributed by atoms with Crippen LogP contribution in [0.2, 0.25) is 0 Å². The quantitative estimate of drug-likeness (QED) is 0.830. The maximum atomic E-state index is 11.8. The molecule has 0 atom stereocenters. The van der Waals surface area contributed by atoms with E-state index >= 15 is 0 Å². The number of pyridine rings is 1. The zero-order valence-corrected chi connectivity index (χ0v) is 15.5. The summed E-state index contributed by atoms with van der Waals surface area (Å²) in [6.45, 7) is 4.50. The van der Waals surface area contributed by atoms with Crippen LogP contribution in [0.15, 0.2) is 24.3 Å². The molecule has 0 spiro atoms. The van der Waals surface area contributed by atoms with Gasteiger partial charge in [-0.25, -0.2) is 0 Å². The van der Waals surface area contributed by atoms with Crippen molar-refractivity contribution in [1.82, 2.24) is 10.3 Å². The first-order valence-corrected chi connectivity index (χ1v) is 9.26. The van der Waals surface area contributed by atoms with Crippen LogP contribution >= 0.6 is 0 Å². The van der Waals surface area contributed by atoms with Crippen LogP contribution in [0.25, 0.3) is 10.9 Å². The van der Waals surface area contributed by atoms with E-state index in [2.05, 4.69) is 10.3 Å². The molecular formula is C20H27N3O3. The molecule has 1 saturated carbocycles. The molecule has 3 rings (SSSR count). The number of nitrogens with one attached hydrogen (secondary N) is 1. The highest BCUT2D eigenvalue weighted by Crippen LogP contribution is 2.33. The zero-order valence-electron chi connectivity index (χ0n) is 15.5.